The third-order valence-corrected chi connectivity index (χ3v) is 6.97. The van der Waals surface area contributed by atoms with Crippen LogP contribution in [-0.4, -0.2) is 61.1 Å². The summed E-state index contributed by atoms with van der Waals surface area (Å²) in [7, 11) is 3.35. The molecule has 1 fully saturated rings. The highest BCUT2D eigenvalue weighted by Gasteiger charge is 2.23. The van der Waals surface area contributed by atoms with Gasteiger partial charge in [-0.15, -0.1) is 11.8 Å². The Morgan fingerprint density at radius 3 is 2.37 bits per heavy atom. The molecule has 3 amide bonds. The van der Waals surface area contributed by atoms with Gasteiger partial charge < -0.3 is 14.4 Å². The first-order chi connectivity index (χ1) is 16.9. The molecule has 0 radical (unpaired) electrons. The van der Waals surface area contributed by atoms with Gasteiger partial charge in [-0.3, -0.25) is 19.7 Å². The van der Waals surface area contributed by atoms with Crippen molar-refractivity contribution in [1.29, 1.82) is 0 Å². The Labute approximate surface area is 209 Å². The second kappa shape index (κ2) is 12.9. The second-order valence-electron chi connectivity index (χ2n) is 8.26. The molecule has 1 N–H and O–H groups in total. The number of nitrogens with one attached hydrogen (secondary N) is 1. The molecule has 0 unspecified atom stereocenters. The third-order valence-electron chi connectivity index (χ3n) is 5.91. The highest BCUT2D eigenvalue weighted by molar-refractivity contribution is 8.00. The van der Waals surface area contributed by atoms with Crippen molar-refractivity contribution >= 4 is 35.5 Å². The summed E-state index contributed by atoms with van der Waals surface area (Å²) in [4.78, 5) is 52.0. The molecule has 0 spiro atoms. The highest BCUT2D eigenvalue weighted by Crippen LogP contribution is 2.26. The van der Waals surface area contributed by atoms with E-state index in [9.17, 15) is 19.2 Å². The highest BCUT2D eigenvalue weighted by atomic mass is 32.2. The Hall–Kier alpha value is -3.33. The molecule has 1 aliphatic rings. The lowest BCUT2D eigenvalue weighted by Crippen LogP contribution is -2.39. The molecule has 35 heavy (non-hydrogen) atoms. The maximum Gasteiger partial charge on any atom is 0.339 e. The number of ether oxygens (including phenoxy) is 2. The van der Waals surface area contributed by atoms with E-state index in [1.807, 2.05) is 11.9 Å². The standard InChI is InChI=1S/C26H30N2O6S/c1-28(19-8-4-3-5-9-19)24(30)17-35-22-11-7-6-10-21(22)26(32)34-16-23(29)27-25(31)18-12-14-20(33-2)15-13-18/h6-7,10-15,19H,3-5,8-9,16-17H2,1-2H3,(H,27,29,31). The van der Waals surface area contributed by atoms with E-state index in [4.69, 9.17) is 9.47 Å². The van der Waals surface area contributed by atoms with Crippen molar-refractivity contribution < 1.29 is 28.7 Å². The maximum atomic E-state index is 12.7. The van der Waals surface area contributed by atoms with E-state index in [1.165, 1.54) is 37.4 Å². The van der Waals surface area contributed by atoms with Crippen molar-refractivity contribution in [2.24, 2.45) is 0 Å². The summed E-state index contributed by atoms with van der Waals surface area (Å²) in [5.74, 6) is -1.25. The molecule has 186 valence electrons. The number of carbonyl (C=O) groups is 4. The fourth-order valence-electron chi connectivity index (χ4n) is 3.86. The summed E-state index contributed by atoms with van der Waals surface area (Å²) in [6.07, 6.45) is 5.56. The number of benzene rings is 2. The molecule has 1 aliphatic carbocycles. The Morgan fingerprint density at radius 1 is 1.00 bits per heavy atom. The molecule has 0 saturated heterocycles. The first kappa shape index (κ1) is 26.3. The van der Waals surface area contributed by atoms with Gasteiger partial charge in [-0.2, -0.15) is 0 Å². The van der Waals surface area contributed by atoms with Crippen LogP contribution in [-0.2, 0) is 14.3 Å². The van der Waals surface area contributed by atoms with Crippen LogP contribution in [0.4, 0.5) is 0 Å². The van der Waals surface area contributed by atoms with Gasteiger partial charge in [-0.1, -0.05) is 31.4 Å². The van der Waals surface area contributed by atoms with Crippen LogP contribution in [0.15, 0.2) is 53.4 Å². The molecule has 0 heterocycles. The van der Waals surface area contributed by atoms with Gasteiger partial charge in [0.25, 0.3) is 11.8 Å². The number of esters is 1. The van der Waals surface area contributed by atoms with E-state index < -0.39 is 24.4 Å². The van der Waals surface area contributed by atoms with Crippen LogP contribution in [0.1, 0.15) is 52.8 Å². The van der Waals surface area contributed by atoms with Gasteiger partial charge in [0.05, 0.1) is 18.4 Å². The van der Waals surface area contributed by atoms with Crippen molar-refractivity contribution in [3.8, 4) is 5.75 Å². The lowest BCUT2D eigenvalue weighted by molar-refractivity contribution is -0.129. The van der Waals surface area contributed by atoms with Gasteiger partial charge in [0.1, 0.15) is 5.75 Å². The van der Waals surface area contributed by atoms with Crippen molar-refractivity contribution in [3.05, 3.63) is 59.7 Å². The van der Waals surface area contributed by atoms with Gasteiger partial charge in [0.15, 0.2) is 6.61 Å². The number of amides is 3. The summed E-state index contributed by atoms with van der Waals surface area (Å²) >= 11 is 1.26. The van der Waals surface area contributed by atoms with Gasteiger partial charge in [0, 0.05) is 23.5 Å². The fraction of sp³-hybridized carbons (Fsp3) is 0.385. The fourth-order valence-corrected chi connectivity index (χ4v) is 4.82. The van der Waals surface area contributed by atoms with Crippen molar-refractivity contribution in [2.75, 3.05) is 26.5 Å². The molecule has 9 heteroatoms. The molecular formula is C26H30N2O6S. The Kier molecular flexibility index (Phi) is 9.72. The van der Waals surface area contributed by atoms with E-state index in [0.29, 0.717) is 10.6 Å². The summed E-state index contributed by atoms with van der Waals surface area (Å²) in [6, 6.07) is 13.3. The predicted octanol–water partition coefficient (Wildman–Crippen LogP) is 3.69. The zero-order valence-corrected chi connectivity index (χ0v) is 20.8. The monoisotopic (exact) mass is 498 g/mol. The quantitative estimate of drug-likeness (QED) is 0.416. The van der Waals surface area contributed by atoms with Crippen molar-refractivity contribution in [3.63, 3.8) is 0 Å². The lowest BCUT2D eigenvalue weighted by Gasteiger charge is -2.31. The number of nitrogens with zero attached hydrogens (tertiary/aromatic N) is 1. The minimum Gasteiger partial charge on any atom is -0.497 e. The normalized spacial score (nSPS) is 13.5. The number of imide groups is 1. The Balaban J connectivity index is 1.50. The number of methoxy groups -OCH3 is 1. The molecule has 8 nitrogen and oxygen atoms in total. The van der Waals surface area contributed by atoms with Gasteiger partial charge >= 0.3 is 5.97 Å². The zero-order valence-electron chi connectivity index (χ0n) is 20.0. The maximum absolute atomic E-state index is 12.7. The Morgan fingerprint density at radius 2 is 1.69 bits per heavy atom. The summed E-state index contributed by atoms with van der Waals surface area (Å²) in [5.41, 5.74) is 0.537. The Bertz CT molecular complexity index is 1050. The van der Waals surface area contributed by atoms with Crippen LogP contribution in [0, 0.1) is 0 Å². The van der Waals surface area contributed by atoms with E-state index in [2.05, 4.69) is 5.32 Å². The second-order valence-corrected chi connectivity index (χ2v) is 9.28. The average Bonchev–Trinajstić information content (AvgIpc) is 2.90. The van der Waals surface area contributed by atoms with Gasteiger partial charge in [0.2, 0.25) is 5.91 Å². The predicted molar refractivity (Wildman–Crippen MR) is 133 cm³/mol. The molecule has 0 aliphatic heterocycles. The van der Waals surface area contributed by atoms with Crippen LogP contribution < -0.4 is 10.1 Å². The minimum absolute atomic E-state index is 0.0153. The molecule has 1 saturated carbocycles. The van der Waals surface area contributed by atoms with Crippen LogP contribution >= 0.6 is 11.8 Å². The summed E-state index contributed by atoms with van der Waals surface area (Å²) in [6.45, 7) is -0.608. The number of rotatable bonds is 9. The van der Waals surface area contributed by atoms with Gasteiger partial charge in [-0.05, 0) is 49.2 Å². The van der Waals surface area contributed by atoms with E-state index >= 15 is 0 Å². The van der Waals surface area contributed by atoms with E-state index in [-0.39, 0.29) is 28.8 Å². The number of carbonyl (C=O) groups excluding carboxylic acids is 4. The van der Waals surface area contributed by atoms with E-state index in [0.717, 1.165) is 25.7 Å². The van der Waals surface area contributed by atoms with E-state index in [1.54, 1.807) is 36.4 Å². The summed E-state index contributed by atoms with van der Waals surface area (Å²) in [5, 5.41) is 2.19. The van der Waals surface area contributed by atoms with Crippen LogP contribution in [0.5, 0.6) is 5.75 Å². The van der Waals surface area contributed by atoms with Crippen LogP contribution in [0.3, 0.4) is 0 Å². The largest absolute Gasteiger partial charge is 0.497 e. The van der Waals surface area contributed by atoms with Gasteiger partial charge in [-0.25, -0.2) is 4.79 Å². The lowest BCUT2D eigenvalue weighted by atomic mass is 9.94. The molecule has 0 aromatic heterocycles. The number of thioether (sulfide) groups is 1. The number of hydrogen-bond donors (Lipinski definition) is 1. The third kappa shape index (κ3) is 7.58. The zero-order chi connectivity index (χ0) is 25.2. The number of hydrogen-bond acceptors (Lipinski definition) is 7. The summed E-state index contributed by atoms with van der Waals surface area (Å²) < 4.78 is 10.2. The van der Waals surface area contributed by atoms with Crippen molar-refractivity contribution in [1.82, 2.24) is 10.2 Å². The molecule has 0 bridgehead atoms. The average molecular weight is 499 g/mol. The first-order valence-corrected chi connectivity index (χ1v) is 12.5. The smallest absolute Gasteiger partial charge is 0.339 e. The molecule has 2 aromatic carbocycles. The van der Waals surface area contributed by atoms with Crippen molar-refractivity contribution in [2.45, 2.75) is 43.0 Å². The minimum atomic E-state index is -0.742. The van der Waals surface area contributed by atoms with Crippen LogP contribution in [0.2, 0.25) is 0 Å². The molecule has 3 rings (SSSR count). The molecule has 2 aromatic rings. The first-order valence-electron chi connectivity index (χ1n) is 11.5. The van der Waals surface area contributed by atoms with Crippen LogP contribution in [0.25, 0.3) is 0 Å². The topological polar surface area (TPSA) is 102 Å². The SMILES string of the molecule is COc1ccc(C(=O)NC(=O)COC(=O)c2ccccc2SCC(=O)N(C)C2CCCCC2)cc1. The molecule has 0 atom stereocenters. The molecular weight excluding hydrogens is 468 g/mol.